The van der Waals surface area contributed by atoms with Crippen LogP contribution in [0.1, 0.15) is 25.8 Å². The molecular weight excluding hydrogens is 280 g/mol. The Bertz CT molecular complexity index is 483. The van der Waals surface area contributed by atoms with Crippen LogP contribution in [0.5, 0.6) is 0 Å². The monoisotopic (exact) mass is 306 g/mol. The molecule has 1 N–H and O–H groups in total. The van der Waals surface area contributed by atoms with Gasteiger partial charge in [-0.15, -0.1) is 0 Å². The van der Waals surface area contributed by atoms with E-state index in [9.17, 15) is 4.79 Å². The van der Waals surface area contributed by atoms with Crippen LogP contribution in [-0.2, 0) is 20.8 Å². The van der Waals surface area contributed by atoms with Crippen LogP contribution in [0, 0.1) is 0 Å². The SMILES string of the molecule is COCCC(=O)Nc1cccc(CN2C[C@H](C)O[C@@H](C)C2)c1. The van der Waals surface area contributed by atoms with E-state index in [0.717, 1.165) is 25.3 Å². The van der Waals surface area contributed by atoms with Gasteiger partial charge in [0.05, 0.1) is 25.2 Å². The molecule has 1 aliphatic heterocycles. The quantitative estimate of drug-likeness (QED) is 0.876. The number of methoxy groups -OCH3 is 1. The normalized spacial score (nSPS) is 22.5. The van der Waals surface area contributed by atoms with Gasteiger partial charge in [-0.3, -0.25) is 9.69 Å². The molecule has 1 aromatic carbocycles. The van der Waals surface area contributed by atoms with E-state index in [0.29, 0.717) is 13.0 Å². The molecule has 0 aromatic heterocycles. The van der Waals surface area contributed by atoms with E-state index < -0.39 is 0 Å². The standard InChI is InChI=1S/C17H26N2O3/c1-13-10-19(11-14(2)22-13)12-15-5-4-6-16(9-15)18-17(20)7-8-21-3/h4-6,9,13-14H,7-8,10-12H2,1-3H3,(H,18,20)/t13-,14-/m0/s1. The number of carbonyl (C=O) groups is 1. The van der Waals surface area contributed by atoms with Crippen molar-refractivity contribution in [1.29, 1.82) is 0 Å². The van der Waals surface area contributed by atoms with Crippen LogP contribution in [0.15, 0.2) is 24.3 Å². The van der Waals surface area contributed by atoms with Crippen LogP contribution in [0.3, 0.4) is 0 Å². The fourth-order valence-corrected chi connectivity index (χ4v) is 2.84. The summed E-state index contributed by atoms with van der Waals surface area (Å²) in [5.41, 5.74) is 2.04. The van der Waals surface area contributed by atoms with E-state index in [4.69, 9.17) is 9.47 Å². The molecule has 1 heterocycles. The summed E-state index contributed by atoms with van der Waals surface area (Å²) in [7, 11) is 1.60. The lowest BCUT2D eigenvalue weighted by Crippen LogP contribution is -2.44. The van der Waals surface area contributed by atoms with Gasteiger partial charge in [-0.25, -0.2) is 0 Å². The number of hydrogen-bond donors (Lipinski definition) is 1. The van der Waals surface area contributed by atoms with Gasteiger partial charge in [-0.1, -0.05) is 12.1 Å². The van der Waals surface area contributed by atoms with Crippen molar-refractivity contribution < 1.29 is 14.3 Å². The molecule has 5 heteroatoms. The third-order valence-corrected chi connectivity index (χ3v) is 3.65. The zero-order valence-electron chi connectivity index (χ0n) is 13.7. The molecule has 0 radical (unpaired) electrons. The van der Waals surface area contributed by atoms with Gasteiger partial charge in [0.2, 0.25) is 5.91 Å². The first-order valence-corrected chi connectivity index (χ1v) is 7.82. The molecule has 22 heavy (non-hydrogen) atoms. The molecule has 1 aromatic rings. The lowest BCUT2D eigenvalue weighted by Gasteiger charge is -2.35. The Labute approximate surface area is 132 Å². The van der Waals surface area contributed by atoms with Crippen molar-refractivity contribution in [3.8, 4) is 0 Å². The molecule has 1 amide bonds. The van der Waals surface area contributed by atoms with E-state index in [1.807, 2.05) is 18.2 Å². The van der Waals surface area contributed by atoms with Crippen LogP contribution in [-0.4, -0.2) is 49.8 Å². The zero-order chi connectivity index (χ0) is 15.9. The molecule has 0 spiro atoms. The highest BCUT2D eigenvalue weighted by Gasteiger charge is 2.22. The van der Waals surface area contributed by atoms with E-state index in [-0.39, 0.29) is 18.1 Å². The molecule has 1 fully saturated rings. The first-order valence-electron chi connectivity index (χ1n) is 7.82. The van der Waals surface area contributed by atoms with Crippen LogP contribution >= 0.6 is 0 Å². The Morgan fingerprint density at radius 3 is 2.77 bits per heavy atom. The number of nitrogens with zero attached hydrogens (tertiary/aromatic N) is 1. The zero-order valence-corrected chi connectivity index (χ0v) is 13.7. The maximum atomic E-state index is 11.7. The number of hydrogen-bond acceptors (Lipinski definition) is 4. The van der Waals surface area contributed by atoms with Crippen molar-refractivity contribution in [2.75, 3.05) is 32.1 Å². The minimum Gasteiger partial charge on any atom is -0.384 e. The number of amides is 1. The summed E-state index contributed by atoms with van der Waals surface area (Å²) in [6, 6.07) is 8.03. The van der Waals surface area contributed by atoms with Crippen molar-refractivity contribution in [3.63, 3.8) is 0 Å². The lowest BCUT2D eigenvalue weighted by molar-refractivity contribution is -0.117. The second-order valence-corrected chi connectivity index (χ2v) is 5.94. The maximum absolute atomic E-state index is 11.7. The molecule has 0 aliphatic carbocycles. The summed E-state index contributed by atoms with van der Waals surface area (Å²) in [6.07, 6.45) is 0.903. The number of rotatable bonds is 6. The highest BCUT2D eigenvalue weighted by molar-refractivity contribution is 5.90. The highest BCUT2D eigenvalue weighted by Crippen LogP contribution is 2.17. The van der Waals surface area contributed by atoms with Crippen LogP contribution in [0.2, 0.25) is 0 Å². The number of benzene rings is 1. The van der Waals surface area contributed by atoms with Gasteiger partial charge in [0.15, 0.2) is 0 Å². The predicted molar refractivity (Wildman–Crippen MR) is 86.9 cm³/mol. The van der Waals surface area contributed by atoms with E-state index in [2.05, 4.69) is 30.1 Å². The second-order valence-electron chi connectivity index (χ2n) is 5.94. The summed E-state index contributed by atoms with van der Waals surface area (Å²) in [6.45, 7) is 7.41. The third-order valence-electron chi connectivity index (χ3n) is 3.65. The van der Waals surface area contributed by atoms with E-state index in [1.54, 1.807) is 7.11 Å². The summed E-state index contributed by atoms with van der Waals surface area (Å²) >= 11 is 0. The van der Waals surface area contributed by atoms with Gasteiger partial charge in [-0.05, 0) is 31.5 Å². The molecule has 0 bridgehead atoms. The smallest absolute Gasteiger partial charge is 0.226 e. The number of carbonyl (C=O) groups excluding carboxylic acids is 1. The Kier molecular flexibility index (Phi) is 6.36. The van der Waals surface area contributed by atoms with Crippen LogP contribution in [0.25, 0.3) is 0 Å². The lowest BCUT2D eigenvalue weighted by atomic mass is 10.1. The van der Waals surface area contributed by atoms with Gasteiger partial charge < -0.3 is 14.8 Å². The molecule has 2 rings (SSSR count). The minimum atomic E-state index is -0.0207. The number of morpholine rings is 1. The number of ether oxygens (including phenoxy) is 2. The first kappa shape index (κ1) is 16.9. The van der Waals surface area contributed by atoms with Gasteiger partial charge in [-0.2, -0.15) is 0 Å². The molecule has 1 aliphatic rings. The summed E-state index contributed by atoms with van der Waals surface area (Å²) in [5.74, 6) is -0.0207. The molecule has 2 atom stereocenters. The van der Waals surface area contributed by atoms with Crippen LogP contribution < -0.4 is 5.32 Å². The summed E-state index contributed by atoms with van der Waals surface area (Å²) in [5, 5.41) is 2.91. The van der Waals surface area contributed by atoms with Crippen molar-refractivity contribution in [1.82, 2.24) is 4.90 Å². The molecule has 122 valence electrons. The number of nitrogens with one attached hydrogen (secondary N) is 1. The number of anilines is 1. The average molecular weight is 306 g/mol. The first-order chi connectivity index (χ1) is 10.6. The van der Waals surface area contributed by atoms with Crippen molar-refractivity contribution in [2.24, 2.45) is 0 Å². The fourth-order valence-electron chi connectivity index (χ4n) is 2.84. The van der Waals surface area contributed by atoms with E-state index >= 15 is 0 Å². The predicted octanol–water partition coefficient (Wildman–Crippen LogP) is 2.27. The van der Waals surface area contributed by atoms with Crippen molar-refractivity contribution in [2.45, 2.75) is 39.0 Å². The molecule has 0 unspecified atom stereocenters. The van der Waals surface area contributed by atoms with Gasteiger partial charge in [0.25, 0.3) is 0 Å². The fraction of sp³-hybridized carbons (Fsp3) is 0.588. The third kappa shape index (κ3) is 5.40. The topological polar surface area (TPSA) is 50.8 Å². The molecule has 1 saturated heterocycles. The van der Waals surface area contributed by atoms with Crippen molar-refractivity contribution in [3.05, 3.63) is 29.8 Å². The van der Waals surface area contributed by atoms with Crippen molar-refractivity contribution >= 4 is 11.6 Å². The largest absolute Gasteiger partial charge is 0.384 e. The Morgan fingerprint density at radius 1 is 1.36 bits per heavy atom. The molecule has 0 saturated carbocycles. The minimum absolute atomic E-state index is 0.0207. The van der Waals surface area contributed by atoms with Gasteiger partial charge >= 0.3 is 0 Å². The van der Waals surface area contributed by atoms with E-state index in [1.165, 1.54) is 5.56 Å². The second kappa shape index (κ2) is 8.27. The Hall–Kier alpha value is -1.43. The summed E-state index contributed by atoms with van der Waals surface area (Å²) < 4.78 is 10.7. The maximum Gasteiger partial charge on any atom is 0.226 e. The molecule has 5 nitrogen and oxygen atoms in total. The Morgan fingerprint density at radius 2 is 2.09 bits per heavy atom. The molecular formula is C17H26N2O3. The van der Waals surface area contributed by atoms with Gasteiger partial charge in [0, 0.05) is 32.4 Å². The summed E-state index contributed by atoms with van der Waals surface area (Å²) in [4.78, 5) is 14.1. The Balaban J connectivity index is 1.92. The van der Waals surface area contributed by atoms with Crippen LogP contribution in [0.4, 0.5) is 5.69 Å². The highest BCUT2D eigenvalue weighted by atomic mass is 16.5. The average Bonchev–Trinajstić information content (AvgIpc) is 2.44. The van der Waals surface area contributed by atoms with Gasteiger partial charge in [0.1, 0.15) is 0 Å².